The van der Waals surface area contributed by atoms with Gasteiger partial charge in [0.25, 0.3) is 0 Å². The fourth-order valence-corrected chi connectivity index (χ4v) is 2.24. The lowest BCUT2D eigenvalue weighted by molar-refractivity contribution is 0.600. The highest BCUT2D eigenvalue weighted by Crippen LogP contribution is 2.27. The minimum Gasteiger partial charge on any atom is -0.304 e. The molecule has 0 N–H and O–H groups in total. The average molecular weight is 167 g/mol. The van der Waals surface area contributed by atoms with Crippen molar-refractivity contribution < 1.29 is 4.57 Å². The predicted octanol–water partition coefficient (Wildman–Crippen LogP) is 2.09. The smallest absolute Gasteiger partial charge is 0.195 e. The molecule has 0 aromatic carbocycles. The van der Waals surface area contributed by atoms with E-state index in [1.807, 2.05) is 11.4 Å². The molecule has 0 saturated heterocycles. The zero-order valence-corrected chi connectivity index (χ0v) is 6.50. The van der Waals surface area contributed by atoms with Gasteiger partial charge in [0.2, 0.25) is 0 Å². The van der Waals surface area contributed by atoms with Crippen molar-refractivity contribution in [1.82, 2.24) is 0 Å². The van der Waals surface area contributed by atoms with E-state index in [2.05, 4.69) is 0 Å². The Kier molecular flexibility index (Phi) is 2.12. The van der Waals surface area contributed by atoms with Crippen LogP contribution in [0.4, 0.5) is 0 Å². The van der Waals surface area contributed by atoms with Crippen molar-refractivity contribution in [2.24, 2.45) is 0 Å². The minimum atomic E-state index is -1.93. The van der Waals surface area contributed by atoms with Crippen LogP contribution in [0.2, 0.25) is 0 Å². The van der Waals surface area contributed by atoms with Crippen molar-refractivity contribution in [2.75, 3.05) is 0 Å². The van der Waals surface area contributed by atoms with E-state index in [1.165, 1.54) is 11.3 Å². The van der Waals surface area contributed by atoms with Crippen molar-refractivity contribution >= 4 is 34.3 Å². The van der Waals surface area contributed by atoms with Crippen LogP contribution in [-0.2, 0) is 4.57 Å². The molecular formula is C4H4ClOPS. The van der Waals surface area contributed by atoms with Gasteiger partial charge in [-0.3, -0.25) is 0 Å². The van der Waals surface area contributed by atoms with Crippen LogP contribution >= 0.6 is 29.7 Å². The first-order valence-corrected chi connectivity index (χ1v) is 5.34. The maximum atomic E-state index is 10.5. The quantitative estimate of drug-likeness (QED) is 0.584. The van der Waals surface area contributed by atoms with Gasteiger partial charge in [-0.05, 0) is 11.4 Å². The Balaban J connectivity index is 2.93. The molecular weight excluding hydrogens is 163 g/mol. The molecule has 44 valence electrons. The number of halogens is 1. The monoisotopic (exact) mass is 166 g/mol. The first-order valence-electron chi connectivity index (χ1n) is 2.04. The number of thiophene rings is 1. The van der Waals surface area contributed by atoms with Crippen molar-refractivity contribution in [1.29, 1.82) is 0 Å². The van der Waals surface area contributed by atoms with Gasteiger partial charge in [-0.1, -0.05) is 17.3 Å². The zero-order chi connectivity index (χ0) is 5.98. The molecule has 1 aromatic rings. The summed E-state index contributed by atoms with van der Waals surface area (Å²) < 4.78 is 11.3. The van der Waals surface area contributed by atoms with Crippen LogP contribution in [0.5, 0.6) is 0 Å². The van der Waals surface area contributed by atoms with E-state index in [-0.39, 0.29) is 0 Å². The molecule has 0 aliphatic heterocycles. The zero-order valence-electron chi connectivity index (χ0n) is 3.93. The summed E-state index contributed by atoms with van der Waals surface area (Å²) in [5.74, 6) is 0. The van der Waals surface area contributed by atoms with Crippen LogP contribution in [0, 0.1) is 0 Å². The summed E-state index contributed by atoms with van der Waals surface area (Å²) in [7, 11) is -1.93. The molecule has 1 heterocycles. The number of rotatable bonds is 1. The maximum Gasteiger partial charge on any atom is 0.195 e. The summed E-state index contributed by atoms with van der Waals surface area (Å²) in [6.07, 6.45) is 0. The molecule has 0 fully saturated rings. The Labute approximate surface area is 56.9 Å². The van der Waals surface area contributed by atoms with Gasteiger partial charge >= 0.3 is 0 Å². The second kappa shape index (κ2) is 2.67. The largest absolute Gasteiger partial charge is 0.304 e. The highest BCUT2D eigenvalue weighted by molar-refractivity contribution is 7.83. The van der Waals surface area contributed by atoms with Gasteiger partial charge in [-0.15, -0.1) is 11.3 Å². The third-order valence-corrected chi connectivity index (χ3v) is 3.81. The Morgan fingerprint density at radius 2 is 2.50 bits per heavy atom. The summed E-state index contributed by atoms with van der Waals surface area (Å²) in [5, 5.41) is 1.86. The van der Waals surface area contributed by atoms with E-state index in [9.17, 15) is 4.57 Å². The lowest BCUT2D eigenvalue weighted by Gasteiger charge is -1.79. The van der Waals surface area contributed by atoms with E-state index in [0.29, 0.717) is 0 Å². The SMILES string of the molecule is O=[PH](Cl)c1cccs1. The van der Waals surface area contributed by atoms with E-state index >= 15 is 0 Å². The van der Waals surface area contributed by atoms with Crippen molar-refractivity contribution in [3.8, 4) is 0 Å². The van der Waals surface area contributed by atoms with Gasteiger partial charge in [0.15, 0.2) is 7.15 Å². The van der Waals surface area contributed by atoms with E-state index in [0.717, 1.165) is 4.62 Å². The number of hydrogen-bond acceptors (Lipinski definition) is 2. The molecule has 0 aliphatic carbocycles. The lowest BCUT2D eigenvalue weighted by atomic mass is 10.7. The molecule has 8 heavy (non-hydrogen) atoms. The molecule has 1 atom stereocenters. The highest BCUT2D eigenvalue weighted by Gasteiger charge is 1.95. The molecule has 0 spiro atoms. The van der Waals surface area contributed by atoms with Crippen LogP contribution in [-0.4, -0.2) is 0 Å². The standard InChI is InChI=1S/C4H4ClOPS/c5-7(6)4-2-1-3-8-4/h1-3,7H. The second-order valence-corrected chi connectivity index (χ2v) is 4.68. The molecule has 1 aromatic heterocycles. The van der Waals surface area contributed by atoms with Crippen LogP contribution in [0.25, 0.3) is 0 Å². The molecule has 0 amide bonds. The lowest BCUT2D eigenvalue weighted by Crippen LogP contribution is -1.77. The van der Waals surface area contributed by atoms with Crippen molar-refractivity contribution in [3.05, 3.63) is 17.5 Å². The Morgan fingerprint density at radius 1 is 1.75 bits per heavy atom. The fraction of sp³-hybridized carbons (Fsp3) is 0. The van der Waals surface area contributed by atoms with E-state index < -0.39 is 7.15 Å². The molecule has 1 unspecified atom stereocenters. The van der Waals surface area contributed by atoms with Gasteiger partial charge < -0.3 is 4.57 Å². The van der Waals surface area contributed by atoms with Crippen LogP contribution in [0.1, 0.15) is 0 Å². The Bertz CT molecular complexity index is 184. The highest BCUT2D eigenvalue weighted by atomic mass is 35.7. The fourth-order valence-electron chi connectivity index (χ4n) is 0.390. The second-order valence-electron chi connectivity index (χ2n) is 1.25. The summed E-state index contributed by atoms with van der Waals surface area (Å²) in [4.78, 5) is 0. The molecule has 4 heteroatoms. The molecule has 0 saturated carbocycles. The third kappa shape index (κ3) is 1.35. The van der Waals surface area contributed by atoms with Crippen LogP contribution < -0.4 is 4.62 Å². The summed E-state index contributed by atoms with van der Waals surface area (Å²) in [6.45, 7) is 0. The number of hydrogen-bond donors (Lipinski definition) is 0. The van der Waals surface area contributed by atoms with Crippen LogP contribution in [0.3, 0.4) is 0 Å². The Morgan fingerprint density at radius 3 is 2.75 bits per heavy atom. The molecule has 0 aliphatic rings. The van der Waals surface area contributed by atoms with Crippen molar-refractivity contribution in [3.63, 3.8) is 0 Å². The van der Waals surface area contributed by atoms with Gasteiger partial charge in [0.1, 0.15) is 0 Å². The van der Waals surface area contributed by atoms with E-state index in [4.69, 9.17) is 11.2 Å². The maximum absolute atomic E-state index is 10.5. The summed E-state index contributed by atoms with van der Waals surface area (Å²) in [6, 6.07) is 3.61. The first-order chi connectivity index (χ1) is 3.80. The van der Waals surface area contributed by atoms with Gasteiger partial charge in [-0.25, -0.2) is 0 Å². The van der Waals surface area contributed by atoms with Gasteiger partial charge in [0, 0.05) is 0 Å². The topological polar surface area (TPSA) is 17.1 Å². The van der Waals surface area contributed by atoms with Gasteiger partial charge in [-0.2, -0.15) is 0 Å². The minimum absolute atomic E-state index is 0.789. The van der Waals surface area contributed by atoms with Gasteiger partial charge in [0.05, 0.1) is 4.62 Å². The Hall–Kier alpha value is 0.220. The van der Waals surface area contributed by atoms with Crippen molar-refractivity contribution in [2.45, 2.75) is 0 Å². The normalized spacial score (nSPS) is 13.6. The molecule has 1 rings (SSSR count). The summed E-state index contributed by atoms with van der Waals surface area (Å²) in [5.41, 5.74) is 0. The predicted molar refractivity (Wildman–Crippen MR) is 38.8 cm³/mol. The first kappa shape index (κ1) is 6.34. The molecule has 0 bridgehead atoms. The average Bonchev–Trinajstić information content (AvgIpc) is 2.12. The third-order valence-electron chi connectivity index (χ3n) is 0.715. The van der Waals surface area contributed by atoms with Crippen LogP contribution in [0.15, 0.2) is 17.5 Å². The molecule has 0 radical (unpaired) electrons. The summed E-state index contributed by atoms with van der Waals surface area (Å²) >= 11 is 6.73. The van der Waals surface area contributed by atoms with E-state index in [1.54, 1.807) is 6.07 Å². The molecule has 1 nitrogen and oxygen atoms in total.